The maximum absolute atomic E-state index is 11.5. The standard InChI is InChI=1S/C15H15N3O2/c1-2-20-14(19)6-13-9-18-8-12(10-3-4-10)5-11(7-16)15(18)17-13/h5,8-10H,2-4,6H2,1H3. The molecule has 0 aromatic carbocycles. The molecule has 1 fully saturated rings. The summed E-state index contributed by atoms with van der Waals surface area (Å²) in [6.07, 6.45) is 6.31. The van der Waals surface area contributed by atoms with Crippen molar-refractivity contribution in [3.63, 3.8) is 0 Å². The van der Waals surface area contributed by atoms with Gasteiger partial charge in [-0.1, -0.05) is 0 Å². The molecule has 0 N–H and O–H groups in total. The smallest absolute Gasteiger partial charge is 0.311 e. The van der Waals surface area contributed by atoms with Crippen LogP contribution in [0.25, 0.3) is 5.65 Å². The summed E-state index contributed by atoms with van der Waals surface area (Å²) in [5, 5.41) is 9.24. The topological polar surface area (TPSA) is 67.4 Å². The lowest BCUT2D eigenvalue weighted by Gasteiger charge is -2.01. The lowest BCUT2D eigenvalue weighted by atomic mass is 10.1. The van der Waals surface area contributed by atoms with Gasteiger partial charge in [-0.2, -0.15) is 5.26 Å². The largest absolute Gasteiger partial charge is 0.466 e. The molecule has 5 nitrogen and oxygen atoms in total. The van der Waals surface area contributed by atoms with Crippen molar-refractivity contribution in [2.45, 2.75) is 32.1 Å². The van der Waals surface area contributed by atoms with Crippen LogP contribution >= 0.6 is 0 Å². The number of esters is 1. The monoisotopic (exact) mass is 269 g/mol. The van der Waals surface area contributed by atoms with Gasteiger partial charge in [-0.25, -0.2) is 4.98 Å². The molecule has 2 aromatic heterocycles. The molecule has 0 bridgehead atoms. The predicted molar refractivity (Wildman–Crippen MR) is 72.2 cm³/mol. The summed E-state index contributed by atoms with van der Waals surface area (Å²) in [7, 11) is 0. The summed E-state index contributed by atoms with van der Waals surface area (Å²) in [6, 6.07) is 4.10. The molecule has 2 heterocycles. The first kappa shape index (κ1) is 12.7. The summed E-state index contributed by atoms with van der Waals surface area (Å²) < 4.78 is 6.77. The first-order valence-electron chi connectivity index (χ1n) is 6.78. The second-order valence-electron chi connectivity index (χ2n) is 5.02. The lowest BCUT2D eigenvalue weighted by molar-refractivity contribution is -0.142. The Labute approximate surface area is 116 Å². The van der Waals surface area contributed by atoms with Crippen molar-refractivity contribution in [3.8, 4) is 6.07 Å². The first-order chi connectivity index (χ1) is 9.71. The zero-order chi connectivity index (χ0) is 14.1. The predicted octanol–water partition coefficient (Wildman–Crippen LogP) is 2.19. The SMILES string of the molecule is CCOC(=O)Cc1cn2cc(C3CC3)cc(C#N)c2n1. The minimum Gasteiger partial charge on any atom is -0.466 e. The van der Waals surface area contributed by atoms with Crippen LogP contribution < -0.4 is 0 Å². The van der Waals surface area contributed by atoms with Crippen molar-refractivity contribution in [2.24, 2.45) is 0 Å². The Balaban J connectivity index is 1.97. The summed E-state index contributed by atoms with van der Waals surface area (Å²) in [4.78, 5) is 15.9. The van der Waals surface area contributed by atoms with Crippen LogP contribution in [0.15, 0.2) is 18.5 Å². The van der Waals surface area contributed by atoms with Crippen LogP contribution in [0.5, 0.6) is 0 Å². The molecule has 0 unspecified atom stereocenters. The number of ether oxygens (including phenoxy) is 1. The third-order valence-electron chi connectivity index (χ3n) is 3.42. The Bertz CT molecular complexity index is 708. The maximum atomic E-state index is 11.5. The van der Waals surface area contributed by atoms with E-state index in [0.717, 1.165) is 0 Å². The summed E-state index contributed by atoms with van der Waals surface area (Å²) >= 11 is 0. The Morgan fingerprint density at radius 3 is 3.00 bits per heavy atom. The highest BCUT2D eigenvalue weighted by atomic mass is 16.5. The molecule has 0 radical (unpaired) electrons. The Morgan fingerprint density at radius 2 is 2.35 bits per heavy atom. The molecule has 3 rings (SSSR count). The van der Waals surface area contributed by atoms with E-state index in [1.165, 1.54) is 18.4 Å². The van der Waals surface area contributed by atoms with Gasteiger partial charge in [0.25, 0.3) is 0 Å². The van der Waals surface area contributed by atoms with Crippen molar-refractivity contribution >= 4 is 11.6 Å². The molecular formula is C15H15N3O2. The van der Waals surface area contributed by atoms with Crippen molar-refractivity contribution in [3.05, 3.63) is 35.3 Å². The lowest BCUT2D eigenvalue weighted by Crippen LogP contribution is -2.07. The number of fused-ring (bicyclic) bond motifs is 1. The van der Waals surface area contributed by atoms with Crippen LogP contribution in [-0.2, 0) is 16.0 Å². The van der Waals surface area contributed by atoms with Crippen molar-refractivity contribution in [1.29, 1.82) is 5.26 Å². The molecular weight excluding hydrogens is 254 g/mol. The molecule has 0 amide bonds. The van der Waals surface area contributed by atoms with Gasteiger partial charge < -0.3 is 9.14 Å². The Hall–Kier alpha value is -2.35. The van der Waals surface area contributed by atoms with E-state index in [0.29, 0.717) is 29.4 Å². The molecule has 102 valence electrons. The van der Waals surface area contributed by atoms with Gasteiger partial charge in [-0.05, 0) is 37.3 Å². The van der Waals surface area contributed by atoms with Gasteiger partial charge in [-0.3, -0.25) is 4.79 Å². The number of carbonyl (C=O) groups is 1. The molecule has 1 saturated carbocycles. The Morgan fingerprint density at radius 1 is 1.55 bits per heavy atom. The van der Waals surface area contributed by atoms with Gasteiger partial charge in [0.1, 0.15) is 6.07 Å². The molecule has 0 aliphatic heterocycles. The molecule has 0 saturated heterocycles. The molecule has 20 heavy (non-hydrogen) atoms. The van der Waals surface area contributed by atoms with Gasteiger partial charge >= 0.3 is 5.97 Å². The zero-order valence-electron chi connectivity index (χ0n) is 11.3. The van der Waals surface area contributed by atoms with Crippen molar-refractivity contribution in [2.75, 3.05) is 6.61 Å². The number of nitrogens with zero attached hydrogens (tertiary/aromatic N) is 3. The van der Waals surface area contributed by atoms with Crippen LogP contribution in [0.3, 0.4) is 0 Å². The summed E-state index contributed by atoms with van der Waals surface area (Å²) in [6.45, 7) is 2.14. The maximum Gasteiger partial charge on any atom is 0.311 e. The second-order valence-corrected chi connectivity index (χ2v) is 5.02. The average Bonchev–Trinajstić information content (AvgIpc) is 3.19. The number of aromatic nitrogens is 2. The van der Waals surface area contributed by atoms with Gasteiger partial charge in [0.2, 0.25) is 0 Å². The van der Waals surface area contributed by atoms with Crippen LogP contribution in [0.2, 0.25) is 0 Å². The number of imidazole rings is 1. The number of rotatable bonds is 4. The molecule has 1 aliphatic carbocycles. The van der Waals surface area contributed by atoms with Gasteiger partial charge in [0, 0.05) is 12.4 Å². The molecule has 2 aromatic rings. The van der Waals surface area contributed by atoms with E-state index < -0.39 is 0 Å². The fraction of sp³-hybridized carbons (Fsp3) is 0.400. The van der Waals surface area contributed by atoms with E-state index in [1.807, 2.05) is 16.7 Å². The van der Waals surface area contributed by atoms with Gasteiger partial charge in [0.05, 0.1) is 24.3 Å². The fourth-order valence-electron chi connectivity index (χ4n) is 2.34. The highest BCUT2D eigenvalue weighted by Crippen LogP contribution is 2.40. The van der Waals surface area contributed by atoms with Crippen LogP contribution in [0, 0.1) is 11.3 Å². The zero-order valence-corrected chi connectivity index (χ0v) is 11.3. The van der Waals surface area contributed by atoms with E-state index in [9.17, 15) is 10.1 Å². The van der Waals surface area contributed by atoms with Gasteiger partial charge in [0.15, 0.2) is 5.65 Å². The van der Waals surface area contributed by atoms with Gasteiger partial charge in [-0.15, -0.1) is 0 Å². The number of nitriles is 1. The van der Waals surface area contributed by atoms with E-state index in [1.54, 1.807) is 13.1 Å². The van der Waals surface area contributed by atoms with Crippen LogP contribution in [0.4, 0.5) is 0 Å². The summed E-state index contributed by atoms with van der Waals surface area (Å²) in [5.74, 6) is 0.277. The van der Waals surface area contributed by atoms with Crippen LogP contribution in [0.1, 0.15) is 42.5 Å². The first-order valence-corrected chi connectivity index (χ1v) is 6.78. The molecule has 1 aliphatic rings. The highest BCUT2D eigenvalue weighted by Gasteiger charge is 2.25. The summed E-state index contributed by atoms with van der Waals surface area (Å²) in [5.41, 5.74) is 2.97. The highest BCUT2D eigenvalue weighted by molar-refractivity contribution is 5.72. The third kappa shape index (κ3) is 2.37. The minimum atomic E-state index is -0.295. The molecule has 0 atom stereocenters. The van der Waals surface area contributed by atoms with E-state index in [4.69, 9.17) is 4.74 Å². The van der Waals surface area contributed by atoms with Crippen molar-refractivity contribution < 1.29 is 9.53 Å². The number of carbonyl (C=O) groups excluding carboxylic acids is 1. The van der Waals surface area contributed by atoms with E-state index in [-0.39, 0.29) is 12.4 Å². The quantitative estimate of drug-likeness (QED) is 0.798. The molecule has 5 heteroatoms. The van der Waals surface area contributed by atoms with E-state index >= 15 is 0 Å². The third-order valence-corrected chi connectivity index (χ3v) is 3.42. The van der Waals surface area contributed by atoms with Crippen molar-refractivity contribution in [1.82, 2.24) is 9.38 Å². The average molecular weight is 269 g/mol. The normalized spacial score (nSPS) is 14.2. The number of pyridine rings is 1. The Kier molecular flexibility index (Phi) is 3.15. The van der Waals surface area contributed by atoms with E-state index in [2.05, 4.69) is 11.1 Å². The second kappa shape index (κ2) is 4.97. The molecule has 0 spiro atoms. The van der Waals surface area contributed by atoms with Crippen LogP contribution in [-0.4, -0.2) is 22.0 Å². The number of hydrogen-bond donors (Lipinski definition) is 0. The number of hydrogen-bond acceptors (Lipinski definition) is 4. The fourth-order valence-corrected chi connectivity index (χ4v) is 2.34. The minimum absolute atomic E-state index is 0.138.